The summed E-state index contributed by atoms with van der Waals surface area (Å²) in [6.45, 7) is 1.96. The van der Waals surface area contributed by atoms with Crippen LogP contribution in [0.1, 0.15) is 5.56 Å². The molecule has 0 aliphatic heterocycles. The molecule has 0 heterocycles. The number of nitrogen functional groups attached to an aromatic ring is 1. The predicted octanol–water partition coefficient (Wildman–Crippen LogP) is 1.87. The first-order valence-electron chi connectivity index (χ1n) is 3.29. The molecule has 3 heteroatoms. The topological polar surface area (TPSA) is 35.2 Å². The number of nitrogens with two attached hydrogens (primary N) is 1. The van der Waals surface area contributed by atoms with Crippen LogP contribution in [0.2, 0.25) is 0 Å². The monoisotopic (exact) mass is 169 g/mol. The zero-order valence-electron chi connectivity index (χ0n) is 6.59. The minimum absolute atomic E-state index is 0.628. The SMILES string of the molecule is COc1c(N)ccc(C)c1S. The second-order valence-corrected chi connectivity index (χ2v) is 2.80. The van der Waals surface area contributed by atoms with Gasteiger partial charge in [0, 0.05) is 0 Å². The van der Waals surface area contributed by atoms with Gasteiger partial charge in [-0.05, 0) is 18.6 Å². The van der Waals surface area contributed by atoms with Gasteiger partial charge in [-0.1, -0.05) is 6.07 Å². The summed E-state index contributed by atoms with van der Waals surface area (Å²) in [4.78, 5) is 0.813. The van der Waals surface area contributed by atoms with E-state index in [4.69, 9.17) is 10.5 Å². The molecule has 0 saturated carbocycles. The summed E-state index contributed by atoms with van der Waals surface area (Å²) in [7, 11) is 1.59. The van der Waals surface area contributed by atoms with E-state index >= 15 is 0 Å². The molecule has 0 aromatic heterocycles. The van der Waals surface area contributed by atoms with Crippen LogP contribution in [-0.2, 0) is 0 Å². The molecule has 0 spiro atoms. The van der Waals surface area contributed by atoms with Gasteiger partial charge in [0.25, 0.3) is 0 Å². The lowest BCUT2D eigenvalue weighted by molar-refractivity contribution is 0.406. The van der Waals surface area contributed by atoms with Crippen LogP contribution >= 0.6 is 12.6 Å². The van der Waals surface area contributed by atoms with Crippen molar-refractivity contribution in [2.24, 2.45) is 0 Å². The molecular weight excluding hydrogens is 158 g/mol. The molecular formula is C8H11NOS. The van der Waals surface area contributed by atoms with Gasteiger partial charge in [0.1, 0.15) is 0 Å². The number of hydrogen-bond donors (Lipinski definition) is 2. The Morgan fingerprint density at radius 1 is 1.45 bits per heavy atom. The van der Waals surface area contributed by atoms with Gasteiger partial charge in [-0.2, -0.15) is 0 Å². The molecule has 1 rings (SSSR count). The summed E-state index contributed by atoms with van der Waals surface area (Å²) in [5.41, 5.74) is 7.32. The number of rotatable bonds is 1. The highest BCUT2D eigenvalue weighted by atomic mass is 32.1. The van der Waals surface area contributed by atoms with Gasteiger partial charge < -0.3 is 10.5 Å². The van der Waals surface area contributed by atoms with Crippen LogP contribution in [0.25, 0.3) is 0 Å². The average Bonchev–Trinajstić information content (AvgIpc) is 1.99. The van der Waals surface area contributed by atoms with E-state index in [0.29, 0.717) is 11.4 Å². The first-order valence-corrected chi connectivity index (χ1v) is 3.73. The number of anilines is 1. The van der Waals surface area contributed by atoms with E-state index < -0.39 is 0 Å². The molecule has 11 heavy (non-hydrogen) atoms. The van der Waals surface area contributed by atoms with E-state index in [9.17, 15) is 0 Å². The largest absolute Gasteiger partial charge is 0.493 e. The lowest BCUT2D eigenvalue weighted by atomic mass is 10.2. The molecule has 2 nitrogen and oxygen atoms in total. The summed E-state index contributed by atoms with van der Waals surface area (Å²) >= 11 is 4.26. The number of methoxy groups -OCH3 is 1. The maximum atomic E-state index is 5.63. The number of thiol groups is 1. The van der Waals surface area contributed by atoms with Gasteiger partial charge in [-0.3, -0.25) is 0 Å². The Bertz CT molecular complexity index is 273. The highest BCUT2D eigenvalue weighted by molar-refractivity contribution is 7.80. The lowest BCUT2D eigenvalue weighted by Crippen LogP contribution is -1.94. The van der Waals surface area contributed by atoms with Crippen LogP contribution in [0.5, 0.6) is 5.75 Å². The Balaban J connectivity index is 3.29. The van der Waals surface area contributed by atoms with Crippen molar-refractivity contribution in [2.75, 3.05) is 12.8 Å². The fraction of sp³-hybridized carbons (Fsp3) is 0.250. The maximum Gasteiger partial charge on any atom is 0.155 e. The molecule has 0 bridgehead atoms. The Morgan fingerprint density at radius 2 is 2.09 bits per heavy atom. The van der Waals surface area contributed by atoms with Gasteiger partial charge in [0.15, 0.2) is 5.75 Å². The van der Waals surface area contributed by atoms with Gasteiger partial charge >= 0.3 is 0 Å². The molecule has 1 aromatic carbocycles. The first-order chi connectivity index (χ1) is 5.16. The zero-order chi connectivity index (χ0) is 8.43. The van der Waals surface area contributed by atoms with E-state index in [0.717, 1.165) is 10.5 Å². The van der Waals surface area contributed by atoms with E-state index in [1.165, 1.54) is 0 Å². The van der Waals surface area contributed by atoms with E-state index in [1.807, 2.05) is 19.1 Å². The Morgan fingerprint density at radius 3 is 2.55 bits per heavy atom. The highest BCUT2D eigenvalue weighted by Gasteiger charge is 2.04. The second-order valence-electron chi connectivity index (χ2n) is 2.35. The highest BCUT2D eigenvalue weighted by Crippen LogP contribution is 2.31. The van der Waals surface area contributed by atoms with E-state index in [2.05, 4.69) is 12.6 Å². The van der Waals surface area contributed by atoms with Crippen molar-refractivity contribution in [1.82, 2.24) is 0 Å². The number of ether oxygens (including phenoxy) is 1. The van der Waals surface area contributed by atoms with Gasteiger partial charge in [0.2, 0.25) is 0 Å². The van der Waals surface area contributed by atoms with Crippen LogP contribution < -0.4 is 10.5 Å². The van der Waals surface area contributed by atoms with E-state index in [-0.39, 0.29) is 0 Å². The normalized spacial score (nSPS) is 9.73. The van der Waals surface area contributed by atoms with Crippen LogP contribution in [0.15, 0.2) is 17.0 Å². The van der Waals surface area contributed by atoms with Crippen molar-refractivity contribution in [1.29, 1.82) is 0 Å². The molecule has 0 saturated heterocycles. The predicted molar refractivity (Wildman–Crippen MR) is 49.4 cm³/mol. The summed E-state index contributed by atoms with van der Waals surface area (Å²) in [5.74, 6) is 0.660. The van der Waals surface area contributed by atoms with Crippen molar-refractivity contribution < 1.29 is 4.74 Å². The first kappa shape index (κ1) is 8.27. The minimum Gasteiger partial charge on any atom is -0.493 e. The summed E-state index contributed by atoms with van der Waals surface area (Å²) in [6.07, 6.45) is 0. The van der Waals surface area contributed by atoms with E-state index in [1.54, 1.807) is 7.11 Å². The Labute approximate surface area is 71.8 Å². The average molecular weight is 169 g/mol. The van der Waals surface area contributed by atoms with Crippen LogP contribution in [-0.4, -0.2) is 7.11 Å². The summed E-state index contributed by atoms with van der Waals surface area (Å²) < 4.78 is 5.06. The molecule has 0 amide bonds. The third-order valence-corrected chi connectivity index (χ3v) is 2.12. The second kappa shape index (κ2) is 3.05. The molecule has 0 radical (unpaired) electrons. The summed E-state index contributed by atoms with van der Waals surface area (Å²) in [5, 5.41) is 0. The summed E-state index contributed by atoms with van der Waals surface area (Å²) in [6, 6.07) is 3.73. The maximum absolute atomic E-state index is 5.63. The molecule has 0 atom stereocenters. The van der Waals surface area contributed by atoms with Crippen molar-refractivity contribution in [3.8, 4) is 5.75 Å². The zero-order valence-corrected chi connectivity index (χ0v) is 7.48. The smallest absolute Gasteiger partial charge is 0.155 e. The van der Waals surface area contributed by atoms with Crippen LogP contribution in [0, 0.1) is 6.92 Å². The number of benzene rings is 1. The van der Waals surface area contributed by atoms with Crippen molar-refractivity contribution in [3.63, 3.8) is 0 Å². The lowest BCUT2D eigenvalue weighted by Gasteiger charge is -2.08. The standard InChI is InChI=1S/C8H11NOS/c1-5-3-4-6(9)7(10-2)8(5)11/h3-4,11H,9H2,1-2H3. The van der Waals surface area contributed by atoms with Crippen LogP contribution in [0.3, 0.4) is 0 Å². The van der Waals surface area contributed by atoms with Gasteiger partial charge in [-0.15, -0.1) is 12.6 Å². The Hall–Kier alpha value is -0.830. The van der Waals surface area contributed by atoms with Crippen molar-refractivity contribution in [3.05, 3.63) is 17.7 Å². The van der Waals surface area contributed by atoms with Crippen molar-refractivity contribution in [2.45, 2.75) is 11.8 Å². The minimum atomic E-state index is 0.628. The van der Waals surface area contributed by atoms with Gasteiger partial charge in [-0.25, -0.2) is 0 Å². The molecule has 60 valence electrons. The molecule has 0 aliphatic rings. The molecule has 0 unspecified atom stereocenters. The Kier molecular flexibility index (Phi) is 2.29. The number of hydrogen-bond acceptors (Lipinski definition) is 3. The fourth-order valence-electron chi connectivity index (χ4n) is 0.900. The third-order valence-electron chi connectivity index (χ3n) is 1.57. The molecule has 1 aromatic rings. The number of aryl methyl sites for hydroxylation is 1. The third kappa shape index (κ3) is 1.43. The fourth-order valence-corrected chi connectivity index (χ4v) is 1.19. The molecule has 0 fully saturated rings. The van der Waals surface area contributed by atoms with Crippen LogP contribution in [0.4, 0.5) is 5.69 Å². The van der Waals surface area contributed by atoms with Gasteiger partial charge in [0.05, 0.1) is 17.7 Å². The van der Waals surface area contributed by atoms with Crippen molar-refractivity contribution >= 4 is 18.3 Å². The molecule has 2 N–H and O–H groups in total. The molecule has 0 aliphatic carbocycles. The quantitative estimate of drug-likeness (QED) is 0.497.